The second-order valence-corrected chi connectivity index (χ2v) is 9.03. The van der Waals surface area contributed by atoms with Crippen molar-refractivity contribution in [1.82, 2.24) is 4.90 Å². The van der Waals surface area contributed by atoms with E-state index in [1.807, 2.05) is 0 Å². The zero-order chi connectivity index (χ0) is 22.5. The van der Waals surface area contributed by atoms with Crippen molar-refractivity contribution in [3.8, 4) is 5.75 Å². The van der Waals surface area contributed by atoms with Crippen LogP contribution in [0.3, 0.4) is 0 Å². The molecule has 0 N–H and O–H groups in total. The first-order valence-corrected chi connectivity index (χ1v) is 11.4. The average molecular weight is 545 g/mol. The number of hydrogen-bond donors (Lipinski definition) is 0. The molecule has 0 atom stereocenters. The van der Waals surface area contributed by atoms with Gasteiger partial charge in [-0.3, -0.25) is 14.5 Å². The van der Waals surface area contributed by atoms with E-state index in [4.69, 9.17) is 32.7 Å². The van der Waals surface area contributed by atoms with E-state index in [2.05, 4.69) is 15.9 Å². The van der Waals surface area contributed by atoms with Crippen LogP contribution in [0, 0.1) is 0 Å². The van der Waals surface area contributed by atoms with E-state index in [-0.39, 0.29) is 24.7 Å². The maximum atomic E-state index is 12.9. The number of ether oxygens (including phenoxy) is 2. The number of amides is 2. The van der Waals surface area contributed by atoms with Crippen molar-refractivity contribution in [3.05, 3.63) is 66.9 Å². The summed E-state index contributed by atoms with van der Waals surface area (Å²) >= 11 is 16.3. The van der Waals surface area contributed by atoms with Gasteiger partial charge in [0, 0.05) is 20.1 Å². The third-order valence-corrected chi connectivity index (χ3v) is 6.11. The zero-order valence-corrected chi connectivity index (χ0v) is 20.1. The standard InChI is InChI=1S/C21H16BrCl2NO5S/c1-2-29-19(26)11-30-17-6-4-14(22)7-13(17)8-18-20(27)25(21(28)31-18)10-12-3-5-15(23)9-16(12)24/h3-9H,2,10-11H2,1H3/b18-8+. The SMILES string of the molecule is CCOC(=O)COc1ccc(Br)cc1/C=C1/SC(=O)N(Cc2ccc(Cl)cc2Cl)C1=O. The molecule has 0 saturated carbocycles. The van der Waals surface area contributed by atoms with Crippen LogP contribution in [0.1, 0.15) is 18.1 Å². The molecule has 0 bridgehead atoms. The van der Waals surface area contributed by atoms with Gasteiger partial charge in [0.25, 0.3) is 11.1 Å². The van der Waals surface area contributed by atoms with E-state index >= 15 is 0 Å². The van der Waals surface area contributed by atoms with Crippen molar-refractivity contribution >= 4 is 74.1 Å². The molecule has 2 aromatic carbocycles. The summed E-state index contributed by atoms with van der Waals surface area (Å²) in [5.74, 6) is -0.572. The Hall–Kier alpha value is -2.00. The monoisotopic (exact) mass is 543 g/mol. The summed E-state index contributed by atoms with van der Waals surface area (Å²) in [6.07, 6.45) is 1.56. The van der Waals surface area contributed by atoms with Crippen molar-refractivity contribution in [2.75, 3.05) is 13.2 Å². The first-order chi connectivity index (χ1) is 14.8. The van der Waals surface area contributed by atoms with Crippen LogP contribution < -0.4 is 4.74 Å². The first kappa shape index (κ1) is 23.7. The minimum Gasteiger partial charge on any atom is -0.481 e. The lowest BCUT2D eigenvalue weighted by atomic mass is 10.1. The second kappa shape index (κ2) is 10.5. The number of hydrogen-bond acceptors (Lipinski definition) is 6. The van der Waals surface area contributed by atoms with Crippen molar-refractivity contribution in [2.24, 2.45) is 0 Å². The Bertz CT molecular complexity index is 1080. The Morgan fingerprint density at radius 3 is 2.68 bits per heavy atom. The Morgan fingerprint density at radius 2 is 1.97 bits per heavy atom. The minimum absolute atomic E-state index is 0.0305. The van der Waals surface area contributed by atoms with Crippen LogP contribution in [0.2, 0.25) is 10.0 Å². The largest absolute Gasteiger partial charge is 0.481 e. The van der Waals surface area contributed by atoms with Crippen molar-refractivity contribution in [1.29, 1.82) is 0 Å². The van der Waals surface area contributed by atoms with E-state index < -0.39 is 17.1 Å². The topological polar surface area (TPSA) is 72.9 Å². The second-order valence-electron chi connectivity index (χ2n) is 6.28. The number of benzene rings is 2. The Balaban J connectivity index is 1.82. The van der Waals surface area contributed by atoms with Crippen molar-refractivity contribution in [2.45, 2.75) is 13.5 Å². The molecular weight excluding hydrogens is 529 g/mol. The van der Waals surface area contributed by atoms with Crippen molar-refractivity contribution < 1.29 is 23.9 Å². The fourth-order valence-corrected chi connectivity index (χ4v) is 4.38. The van der Waals surface area contributed by atoms with Gasteiger partial charge in [0.15, 0.2) is 6.61 Å². The Labute approximate surface area is 201 Å². The first-order valence-electron chi connectivity index (χ1n) is 9.05. The van der Waals surface area contributed by atoms with Gasteiger partial charge in [0.2, 0.25) is 0 Å². The molecule has 3 rings (SSSR count). The molecule has 1 fully saturated rings. The molecule has 10 heteroatoms. The molecule has 0 aliphatic carbocycles. The average Bonchev–Trinajstić information content (AvgIpc) is 2.97. The zero-order valence-electron chi connectivity index (χ0n) is 16.2. The molecule has 1 heterocycles. The fraction of sp³-hybridized carbons (Fsp3) is 0.190. The third-order valence-electron chi connectivity index (χ3n) is 4.13. The van der Waals surface area contributed by atoms with Gasteiger partial charge in [0.05, 0.1) is 18.1 Å². The number of esters is 1. The predicted molar refractivity (Wildman–Crippen MR) is 124 cm³/mol. The lowest BCUT2D eigenvalue weighted by Crippen LogP contribution is -2.27. The van der Waals surface area contributed by atoms with Crippen LogP contribution >= 0.6 is 50.9 Å². The van der Waals surface area contributed by atoms with Crippen LogP contribution in [0.25, 0.3) is 6.08 Å². The Morgan fingerprint density at radius 1 is 1.19 bits per heavy atom. The molecule has 0 spiro atoms. The highest BCUT2D eigenvalue weighted by molar-refractivity contribution is 9.10. The van der Waals surface area contributed by atoms with Gasteiger partial charge in [0.1, 0.15) is 5.75 Å². The van der Waals surface area contributed by atoms with Crippen LogP contribution in [0.4, 0.5) is 4.79 Å². The summed E-state index contributed by atoms with van der Waals surface area (Å²) in [5.41, 5.74) is 1.14. The van der Waals surface area contributed by atoms with Crippen LogP contribution in [0.5, 0.6) is 5.75 Å². The van der Waals surface area contributed by atoms with Crippen molar-refractivity contribution in [3.63, 3.8) is 0 Å². The molecule has 2 aromatic rings. The number of imide groups is 1. The Kier molecular flexibility index (Phi) is 8.05. The number of carbonyl (C=O) groups excluding carboxylic acids is 3. The highest BCUT2D eigenvalue weighted by atomic mass is 79.9. The fourth-order valence-electron chi connectivity index (χ4n) is 2.70. The lowest BCUT2D eigenvalue weighted by molar-refractivity contribution is -0.145. The highest BCUT2D eigenvalue weighted by Crippen LogP contribution is 2.36. The third kappa shape index (κ3) is 6.04. The molecule has 162 valence electrons. The van der Waals surface area contributed by atoms with Crippen LogP contribution in [-0.2, 0) is 20.9 Å². The number of halogens is 3. The summed E-state index contributed by atoms with van der Waals surface area (Å²) < 4.78 is 11.1. The molecule has 0 unspecified atom stereocenters. The van der Waals surface area contributed by atoms with E-state index in [0.717, 1.165) is 21.1 Å². The van der Waals surface area contributed by atoms with Gasteiger partial charge in [-0.2, -0.15) is 0 Å². The van der Waals surface area contributed by atoms with E-state index in [1.54, 1.807) is 49.4 Å². The van der Waals surface area contributed by atoms with Gasteiger partial charge in [-0.1, -0.05) is 45.2 Å². The predicted octanol–water partition coefficient (Wildman–Crippen LogP) is 5.93. The van der Waals surface area contributed by atoms with Gasteiger partial charge in [-0.25, -0.2) is 4.79 Å². The smallest absolute Gasteiger partial charge is 0.344 e. The number of rotatable bonds is 7. The molecule has 6 nitrogen and oxygen atoms in total. The molecule has 1 saturated heterocycles. The lowest BCUT2D eigenvalue weighted by Gasteiger charge is -2.14. The van der Waals surface area contributed by atoms with Crippen LogP contribution in [-0.4, -0.2) is 35.2 Å². The normalized spacial score (nSPS) is 15.0. The number of carbonyl (C=O) groups is 3. The molecule has 0 radical (unpaired) electrons. The minimum atomic E-state index is -0.503. The summed E-state index contributed by atoms with van der Waals surface area (Å²) in [5, 5.41) is 0.427. The quantitative estimate of drug-likeness (QED) is 0.317. The molecule has 1 aliphatic heterocycles. The summed E-state index contributed by atoms with van der Waals surface area (Å²) in [6.45, 7) is 1.71. The van der Waals surface area contributed by atoms with E-state index in [1.165, 1.54) is 0 Å². The van der Waals surface area contributed by atoms with Crippen LogP contribution in [0.15, 0.2) is 45.8 Å². The molecule has 2 amide bonds. The molecule has 31 heavy (non-hydrogen) atoms. The molecule has 1 aliphatic rings. The number of nitrogens with zero attached hydrogens (tertiary/aromatic N) is 1. The summed E-state index contributed by atoms with van der Waals surface area (Å²) in [7, 11) is 0. The van der Waals surface area contributed by atoms with E-state index in [9.17, 15) is 14.4 Å². The van der Waals surface area contributed by atoms with Gasteiger partial charge >= 0.3 is 5.97 Å². The highest BCUT2D eigenvalue weighted by Gasteiger charge is 2.35. The summed E-state index contributed by atoms with van der Waals surface area (Å²) in [4.78, 5) is 38.3. The maximum Gasteiger partial charge on any atom is 0.344 e. The van der Waals surface area contributed by atoms with Gasteiger partial charge < -0.3 is 9.47 Å². The maximum absolute atomic E-state index is 12.9. The molecular formula is C21H16BrCl2NO5S. The molecule has 0 aromatic heterocycles. The van der Waals surface area contributed by atoms with Gasteiger partial charge in [-0.05, 0) is 60.7 Å². The van der Waals surface area contributed by atoms with Gasteiger partial charge in [-0.15, -0.1) is 0 Å². The number of thioether (sulfide) groups is 1. The van der Waals surface area contributed by atoms with E-state index in [0.29, 0.717) is 26.9 Å². The summed E-state index contributed by atoms with van der Waals surface area (Å²) in [6, 6.07) is 10.0.